The van der Waals surface area contributed by atoms with Crippen molar-refractivity contribution in [1.29, 1.82) is 0 Å². The Morgan fingerprint density at radius 2 is 1.68 bits per heavy atom. The molecule has 0 saturated heterocycles. The summed E-state index contributed by atoms with van der Waals surface area (Å²) in [5.41, 5.74) is -0.855. The molecule has 0 saturated carbocycles. The molecule has 0 radical (unpaired) electrons. The van der Waals surface area contributed by atoms with Crippen molar-refractivity contribution in [3.63, 3.8) is 0 Å². The number of carbonyl (C=O) groups is 1. The number of hydrogen-bond acceptors (Lipinski definition) is 2. The molecule has 1 aromatic carbocycles. The van der Waals surface area contributed by atoms with E-state index in [1.807, 2.05) is 33.8 Å². The number of benzene rings is 1. The molecular formula is C17H26BrFO2Si. The van der Waals surface area contributed by atoms with E-state index in [0.717, 1.165) is 0 Å². The van der Waals surface area contributed by atoms with Gasteiger partial charge in [-0.15, -0.1) is 0 Å². The average molecular weight is 389 g/mol. The Morgan fingerprint density at radius 3 is 2.09 bits per heavy atom. The Balaban J connectivity index is 3.45. The highest BCUT2D eigenvalue weighted by atomic mass is 79.9. The van der Waals surface area contributed by atoms with Gasteiger partial charge in [-0.2, -0.15) is 0 Å². The lowest BCUT2D eigenvalue weighted by atomic mass is 9.97. The molecule has 5 heteroatoms. The predicted octanol–water partition coefficient (Wildman–Crippen LogP) is 5.34. The van der Waals surface area contributed by atoms with E-state index in [1.54, 1.807) is 32.9 Å². The van der Waals surface area contributed by atoms with Crippen LogP contribution in [0.15, 0.2) is 22.7 Å². The van der Waals surface area contributed by atoms with Gasteiger partial charge >= 0.3 is 5.97 Å². The van der Waals surface area contributed by atoms with Gasteiger partial charge in [0.15, 0.2) is 0 Å². The van der Waals surface area contributed by atoms with Gasteiger partial charge in [0.05, 0.1) is 5.41 Å². The molecule has 0 aliphatic carbocycles. The van der Waals surface area contributed by atoms with Crippen LogP contribution in [0.5, 0.6) is 5.75 Å². The molecule has 0 N–H and O–H groups in total. The second kappa shape index (κ2) is 6.83. The van der Waals surface area contributed by atoms with Gasteiger partial charge in [-0.3, -0.25) is 4.79 Å². The van der Waals surface area contributed by atoms with Crippen LogP contribution in [-0.2, 0) is 4.79 Å². The van der Waals surface area contributed by atoms with Gasteiger partial charge in [-0.25, -0.2) is 0 Å². The summed E-state index contributed by atoms with van der Waals surface area (Å²) in [5, 5.41) is 0.553. The zero-order valence-electron chi connectivity index (χ0n) is 14.5. The molecule has 0 heterocycles. The number of halogens is 2. The van der Waals surface area contributed by atoms with Gasteiger partial charge in [0.2, 0.25) is 0 Å². The Bertz CT molecular complexity index is 542. The molecule has 0 aromatic heterocycles. The monoisotopic (exact) mass is 388 g/mol. The maximum atomic E-state index is 16.0. The first kappa shape index (κ1) is 19.4. The largest absolute Gasteiger partial charge is 0.426 e. The van der Waals surface area contributed by atoms with Crippen LogP contribution in [-0.4, -0.2) is 14.4 Å². The van der Waals surface area contributed by atoms with Crippen LogP contribution in [0, 0.1) is 5.41 Å². The van der Waals surface area contributed by atoms with Crippen LogP contribution in [0.2, 0.25) is 11.1 Å². The molecule has 0 amide bonds. The average Bonchev–Trinajstić information content (AvgIpc) is 2.36. The number of esters is 1. The van der Waals surface area contributed by atoms with Gasteiger partial charge < -0.3 is 8.84 Å². The van der Waals surface area contributed by atoms with E-state index in [9.17, 15) is 4.79 Å². The molecule has 2 nitrogen and oxygen atoms in total. The summed E-state index contributed by atoms with van der Waals surface area (Å²) in [7, 11) is -3.32. The third kappa shape index (κ3) is 3.80. The first-order valence-corrected chi connectivity index (χ1v) is 10.4. The Kier molecular flexibility index (Phi) is 6.01. The van der Waals surface area contributed by atoms with Gasteiger partial charge in [-0.1, -0.05) is 49.7 Å². The van der Waals surface area contributed by atoms with E-state index in [-0.39, 0.29) is 17.1 Å². The second-order valence-electron chi connectivity index (χ2n) is 7.33. The topological polar surface area (TPSA) is 26.3 Å². The van der Waals surface area contributed by atoms with Gasteiger partial charge in [0, 0.05) is 9.66 Å². The summed E-state index contributed by atoms with van der Waals surface area (Å²) >= 11 is 3.46. The molecule has 0 aliphatic rings. The SMILES string of the molecule is CC(C)[Si](F)(c1c(Br)cccc1OC(=O)C(C)(C)C)C(C)C. The lowest BCUT2D eigenvalue weighted by Crippen LogP contribution is -2.50. The van der Waals surface area contributed by atoms with Crippen molar-refractivity contribution in [2.75, 3.05) is 0 Å². The maximum Gasteiger partial charge on any atom is 0.316 e. The van der Waals surface area contributed by atoms with Crippen molar-refractivity contribution in [3.05, 3.63) is 22.7 Å². The summed E-state index contributed by atoms with van der Waals surface area (Å²) in [5.74, 6) is 0.00146. The zero-order chi connectivity index (χ0) is 17.3. The Labute approximate surface area is 142 Å². The molecule has 0 aliphatic heterocycles. The van der Waals surface area contributed by atoms with Crippen molar-refractivity contribution in [1.82, 2.24) is 0 Å². The fraction of sp³-hybridized carbons (Fsp3) is 0.588. The Hall–Kier alpha value is -0.683. The number of carbonyl (C=O) groups excluding carboxylic acids is 1. The van der Waals surface area contributed by atoms with Crippen molar-refractivity contribution < 1.29 is 13.6 Å². The van der Waals surface area contributed by atoms with Crippen molar-refractivity contribution in [2.45, 2.75) is 59.5 Å². The van der Waals surface area contributed by atoms with E-state index in [4.69, 9.17) is 4.74 Å². The predicted molar refractivity (Wildman–Crippen MR) is 95.9 cm³/mol. The fourth-order valence-electron chi connectivity index (χ4n) is 2.46. The van der Waals surface area contributed by atoms with Crippen LogP contribution in [0.25, 0.3) is 0 Å². The number of rotatable bonds is 4. The Morgan fingerprint density at radius 1 is 1.18 bits per heavy atom. The summed E-state index contributed by atoms with van der Waals surface area (Å²) in [6.07, 6.45) is 0. The molecule has 0 spiro atoms. The molecule has 1 aromatic rings. The number of hydrogen-bond donors (Lipinski definition) is 0. The molecule has 0 unspecified atom stereocenters. The first-order valence-electron chi connectivity index (χ1n) is 7.62. The molecule has 22 heavy (non-hydrogen) atoms. The zero-order valence-corrected chi connectivity index (χ0v) is 17.0. The normalized spacial score (nSPS) is 12.9. The minimum absolute atomic E-state index is 0.113. The van der Waals surface area contributed by atoms with Gasteiger partial charge in [0.25, 0.3) is 8.41 Å². The van der Waals surface area contributed by atoms with E-state index in [2.05, 4.69) is 15.9 Å². The van der Waals surface area contributed by atoms with E-state index in [0.29, 0.717) is 15.4 Å². The fourth-order valence-corrected chi connectivity index (χ4v) is 7.17. The van der Waals surface area contributed by atoms with Crippen LogP contribution in [0.4, 0.5) is 4.11 Å². The third-order valence-corrected chi connectivity index (χ3v) is 9.52. The highest BCUT2D eigenvalue weighted by Crippen LogP contribution is 2.38. The van der Waals surface area contributed by atoms with Crippen LogP contribution >= 0.6 is 15.9 Å². The molecule has 1 rings (SSSR count). The summed E-state index contributed by atoms with van der Waals surface area (Å²) in [6.45, 7) is 13.0. The lowest BCUT2D eigenvalue weighted by molar-refractivity contribution is -0.142. The molecule has 124 valence electrons. The van der Waals surface area contributed by atoms with Crippen LogP contribution in [0.3, 0.4) is 0 Å². The highest BCUT2D eigenvalue weighted by molar-refractivity contribution is 9.10. The van der Waals surface area contributed by atoms with Crippen molar-refractivity contribution in [3.8, 4) is 5.75 Å². The van der Waals surface area contributed by atoms with Crippen LogP contribution in [0.1, 0.15) is 48.5 Å². The van der Waals surface area contributed by atoms with Crippen molar-refractivity contribution in [2.24, 2.45) is 5.41 Å². The van der Waals surface area contributed by atoms with Crippen molar-refractivity contribution >= 4 is 35.5 Å². The van der Waals surface area contributed by atoms with Gasteiger partial charge in [-0.05, 0) is 44.0 Å². The summed E-state index contributed by atoms with van der Waals surface area (Å²) < 4.78 is 22.2. The minimum Gasteiger partial charge on any atom is -0.426 e. The molecule has 0 fully saturated rings. The third-order valence-electron chi connectivity index (χ3n) is 3.85. The summed E-state index contributed by atoms with van der Waals surface area (Å²) in [4.78, 5) is 12.2. The second-order valence-corrected chi connectivity index (χ2v) is 12.5. The quantitative estimate of drug-likeness (QED) is 0.301. The smallest absolute Gasteiger partial charge is 0.316 e. The van der Waals surface area contributed by atoms with Crippen LogP contribution < -0.4 is 9.92 Å². The standard InChI is InChI=1S/C17H26BrFO2Si/c1-11(2)22(19,12(3)4)15-13(18)9-8-10-14(15)21-16(20)17(5,6)7/h8-12H,1-7H3. The molecular weight excluding hydrogens is 363 g/mol. The lowest BCUT2D eigenvalue weighted by Gasteiger charge is -2.33. The maximum absolute atomic E-state index is 16.0. The van der Waals surface area contributed by atoms with E-state index >= 15 is 4.11 Å². The highest BCUT2D eigenvalue weighted by Gasteiger charge is 2.47. The number of ether oxygens (including phenoxy) is 1. The van der Waals surface area contributed by atoms with E-state index in [1.165, 1.54) is 0 Å². The van der Waals surface area contributed by atoms with Gasteiger partial charge in [0.1, 0.15) is 5.75 Å². The minimum atomic E-state index is -3.32. The molecule has 0 atom stereocenters. The van der Waals surface area contributed by atoms with E-state index < -0.39 is 13.8 Å². The summed E-state index contributed by atoms with van der Waals surface area (Å²) in [6, 6.07) is 5.28. The first-order chi connectivity index (χ1) is 9.92. The molecule has 0 bridgehead atoms.